The maximum Gasteiger partial charge on any atom is 0.231 e. The van der Waals surface area contributed by atoms with Gasteiger partial charge in [0.25, 0.3) is 0 Å². The fraction of sp³-hybridized carbons (Fsp3) is 0.444. The van der Waals surface area contributed by atoms with Gasteiger partial charge in [-0.05, 0) is 37.0 Å². The first kappa shape index (κ1) is 17.8. The van der Waals surface area contributed by atoms with Gasteiger partial charge in [-0.25, -0.2) is 0 Å². The molecular weight excluding hydrogens is 280 g/mol. The smallest absolute Gasteiger partial charge is 0.231 e. The van der Waals surface area contributed by atoms with Crippen LogP contribution in [0.5, 0.6) is 11.5 Å². The van der Waals surface area contributed by atoms with E-state index in [1.807, 2.05) is 12.1 Å². The predicted molar refractivity (Wildman–Crippen MR) is 85.2 cm³/mol. The van der Waals surface area contributed by atoms with Crippen molar-refractivity contribution < 1.29 is 19.3 Å². The molecule has 0 amide bonds. The van der Waals surface area contributed by atoms with Crippen LogP contribution in [0.25, 0.3) is 0 Å². The molecular formula is C18H22O4. The molecule has 118 valence electrons. The molecule has 0 fully saturated rings. The Balaban J connectivity index is 0.000000295. The Morgan fingerprint density at radius 3 is 2.45 bits per heavy atom. The minimum absolute atomic E-state index is 0.293. The van der Waals surface area contributed by atoms with E-state index in [0.717, 1.165) is 37.2 Å². The molecule has 4 nitrogen and oxygen atoms in total. The Kier molecular flexibility index (Phi) is 9.17. The second-order valence-corrected chi connectivity index (χ2v) is 4.53. The molecule has 1 N–H and O–H groups in total. The first-order chi connectivity index (χ1) is 10.8. The van der Waals surface area contributed by atoms with E-state index in [-0.39, 0.29) is 0 Å². The van der Waals surface area contributed by atoms with Crippen LogP contribution in [0.2, 0.25) is 0 Å². The van der Waals surface area contributed by atoms with Crippen molar-refractivity contribution in [2.24, 2.45) is 0 Å². The lowest BCUT2D eigenvalue weighted by Crippen LogP contribution is -1.93. The summed E-state index contributed by atoms with van der Waals surface area (Å²) in [6.45, 7) is 4.01. The Hall–Kier alpha value is -2.30. The lowest BCUT2D eigenvalue weighted by molar-refractivity contribution is 0.174. The Morgan fingerprint density at radius 1 is 1.05 bits per heavy atom. The fourth-order valence-corrected chi connectivity index (χ4v) is 1.84. The van der Waals surface area contributed by atoms with E-state index < -0.39 is 0 Å². The largest absolute Gasteiger partial charge is 0.454 e. The van der Waals surface area contributed by atoms with Crippen molar-refractivity contribution in [2.45, 2.75) is 39.5 Å². The molecule has 1 aliphatic rings. The van der Waals surface area contributed by atoms with Crippen molar-refractivity contribution in [2.75, 3.05) is 13.4 Å². The number of benzene rings is 1. The highest BCUT2D eigenvalue weighted by Crippen LogP contribution is 2.32. The van der Waals surface area contributed by atoms with Gasteiger partial charge in [-0.2, -0.15) is 0 Å². The zero-order valence-electron chi connectivity index (χ0n) is 13.1. The summed E-state index contributed by atoms with van der Waals surface area (Å²) in [5.41, 5.74) is 1.28. The van der Waals surface area contributed by atoms with Gasteiger partial charge in [0.2, 0.25) is 6.79 Å². The molecule has 22 heavy (non-hydrogen) atoms. The van der Waals surface area contributed by atoms with Crippen molar-refractivity contribution >= 4 is 0 Å². The Morgan fingerprint density at radius 2 is 1.77 bits per heavy atom. The zero-order chi connectivity index (χ0) is 16.0. The molecule has 0 aromatic heterocycles. The van der Waals surface area contributed by atoms with Gasteiger partial charge in [-0.15, -0.1) is 0 Å². The topological polar surface area (TPSA) is 47.9 Å². The third-order valence-electron chi connectivity index (χ3n) is 2.87. The van der Waals surface area contributed by atoms with Crippen molar-refractivity contribution in [3.8, 4) is 35.6 Å². The molecule has 0 unspecified atom stereocenters. The molecule has 0 bridgehead atoms. The van der Waals surface area contributed by atoms with Gasteiger partial charge in [0.15, 0.2) is 11.5 Å². The lowest BCUT2D eigenvalue weighted by Gasteiger charge is -2.02. The molecule has 2 rings (SSSR count). The summed E-state index contributed by atoms with van der Waals surface area (Å²) in [7, 11) is 0. The van der Waals surface area contributed by atoms with Gasteiger partial charge in [0.05, 0.1) is 0 Å². The van der Waals surface area contributed by atoms with Crippen LogP contribution >= 0.6 is 0 Å². The van der Waals surface area contributed by atoms with Gasteiger partial charge in [-0.1, -0.05) is 24.3 Å². The number of rotatable bonds is 5. The van der Waals surface area contributed by atoms with Crippen molar-refractivity contribution in [1.29, 1.82) is 0 Å². The number of hydrogen-bond acceptors (Lipinski definition) is 4. The number of aliphatic hydroxyl groups excluding tert-OH is 1. The van der Waals surface area contributed by atoms with Crippen LogP contribution < -0.4 is 9.47 Å². The number of ether oxygens (including phenoxy) is 3. The van der Waals surface area contributed by atoms with Crippen LogP contribution in [-0.4, -0.2) is 18.5 Å². The van der Waals surface area contributed by atoms with Gasteiger partial charge in [-0.3, -0.25) is 0 Å². The van der Waals surface area contributed by atoms with Crippen molar-refractivity contribution in [3.63, 3.8) is 0 Å². The summed E-state index contributed by atoms with van der Waals surface area (Å²) < 4.78 is 15.0. The van der Waals surface area contributed by atoms with Crippen LogP contribution in [-0.2, 0) is 11.2 Å². The number of unbranched alkanes of at least 4 members (excludes halogenated alkanes) is 2. The highest BCUT2D eigenvalue weighted by atomic mass is 16.7. The van der Waals surface area contributed by atoms with Gasteiger partial charge in [0.1, 0.15) is 12.2 Å². The third-order valence-corrected chi connectivity index (χ3v) is 2.87. The first-order valence-corrected chi connectivity index (χ1v) is 7.30. The van der Waals surface area contributed by atoms with E-state index in [2.05, 4.69) is 34.9 Å². The number of aliphatic hydroxyl groups is 1. The second-order valence-electron chi connectivity index (χ2n) is 4.53. The molecule has 0 saturated carbocycles. The summed E-state index contributed by atoms with van der Waals surface area (Å²) in [5.74, 6) is 6.75. The normalized spacial score (nSPS) is 10.3. The summed E-state index contributed by atoms with van der Waals surface area (Å²) in [6.07, 6.45) is 8.77. The van der Waals surface area contributed by atoms with Gasteiger partial charge >= 0.3 is 0 Å². The molecule has 0 saturated heterocycles. The molecule has 1 heterocycles. The SMILES string of the molecule is CC#COC#CC.OCCCCCc1ccc2c(c1)OCO2. The summed E-state index contributed by atoms with van der Waals surface area (Å²) >= 11 is 0. The zero-order valence-corrected chi connectivity index (χ0v) is 13.1. The summed E-state index contributed by atoms with van der Waals surface area (Å²) in [4.78, 5) is 0. The summed E-state index contributed by atoms with van der Waals surface area (Å²) in [5, 5.41) is 8.65. The minimum Gasteiger partial charge on any atom is -0.454 e. The van der Waals surface area contributed by atoms with Crippen LogP contribution in [0.3, 0.4) is 0 Å². The third kappa shape index (κ3) is 6.92. The Bertz CT molecular complexity index is 540. The monoisotopic (exact) mass is 302 g/mol. The van der Waals surface area contributed by atoms with Crippen LogP contribution in [0, 0.1) is 24.1 Å². The van der Waals surface area contributed by atoms with E-state index in [1.165, 1.54) is 5.56 Å². The molecule has 0 spiro atoms. The minimum atomic E-state index is 0.293. The lowest BCUT2D eigenvalue weighted by atomic mass is 10.1. The molecule has 0 atom stereocenters. The quantitative estimate of drug-likeness (QED) is 0.671. The van der Waals surface area contributed by atoms with Crippen molar-refractivity contribution in [3.05, 3.63) is 23.8 Å². The molecule has 0 aliphatic carbocycles. The van der Waals surface area contributed by atoms with Gasteiger partial charge < -0.3 is 19.3 Å². The van der Waals surface area contributed by atoms with E-state index >= 15 is 0 Å². The van der Waals surface area contributed by atoms with Crippen LogP contribution in [0.1, 0.15) is 38.7 Å². The van der Waals surface area contributed by atoms with Gasteiger partial charge in [0, 0.05) is 20.5 Å². The molecule has 1 aliphatic heterocycles. The maximum absolute atomic E-state index is 8.65. The average molecular weight is 302 g/mol. The number of hydrogen-bond donors (Lipinski definition) is 1. The molecule has 1 aromatic carbocycles. The second kappa shape index (κ2) is 11.4. The first-order valence-electron chi connectivity index (χ1n) is 7.30. The van der Waals surface area contributed by atoms with Crippen molar-refractivity contribution in [1.82, 2.24) is 0 Å². The van der Waals surface area contributed by atoms with E-state index in [9.17, 15) is 0 Å². The maximum atomic E-state index is 8.65. The summed E-state index contributed by atoms with van der Waals surface area (Å²) in [6, 6.07) is 6.08. The standard InChI is InChI=1S/C12H16O3.C6H6O/c13-7-3-1-2-4-10-5-6-11-12(8-10)15-9-14-11;1-3-5-7-6-4-2/h5-6,8,13H,1-4,7,9H2;1-2H3. The van der Waals surface area contributed by atoms with Crippen LogP contribution in [0.15, 0.2) is 18.2 Å². The number of fused-ring (bicyclic) bond motifs is 1. The highest BCUT2D eigenvalue weighted by molar-refractivity contribution is 5.44. The molecule has 0 radical (unpaired) electrons. The molecule has 1 aromatic rings. The average Bonchev–Trinajstić information content (AvgIpc) is 3.00. The highest BCUT2D eigenvalue weighted by Gasteiger charge is 2.12. The Labute approximate surface area is 132 Å². The van der Waals surface area contributed by atoms with E-state index in [4.69, 9.17) is 14.6 Å². The van der Waals surface area contributed by atoms with Crippen LogP contribution in [0.4, 0.5) is 0 Å². The number of aryl methyl sites for hydroxylation is 1. The van der Waals surface area contributed by atoms with E-state index in [1.54, 1.807) is 13.8 Å². The molecule has 4 heteroatoms. The fourth-order valence-electron chi connectivity index (χ4n) is 1.84. The van der Waals surface area contributed by atoms with E-state index in [0.29, 0.717) is 13.4 Å². The predicted octanol–water partition coefficient (Wildman–Crippen LogP) is 3.09.